The summed E-state index contributed by atoms with van der Waals surface area (Å²) < 4.78 is 110. The molecule has 2 nitrogen and oxygen atoms in total. The molecule has 0 spiro atoms. The van der Waals surface area contributed by atoms with Gasteiger partial charge in [0.05, 0.1) is 5.56 Å². The first kappa shape index (κ1) is 22.0. The van der Waals surface area contributed by atoms with Gasteiger partial charge in [-0.2, -0.15) is 8.78 Å². The van der Waals surface area contributed by atoms with Gasteiger partial charge in [-0.25, -0.2) is 31.1 Å². The number of carbonyl (C=O) groups excluding carboxylic acids is 1. The molecule has 0 aromatic heterocycles. The molecular weight excluding hydrogens is 436 g/mol. The summed E-state index contributed by atoms with van der Waals surface area (Å²) in [6.45, 7) is 0. The molecule has 31 heavy (non-hydrogen) atoms. The molecule has 0 unspecified atom stereocenters. The number of carbonyl (C=O) groups is 1. The Bertz CT molecular complexity index is 1150. The normalized spacial score (nSPS) is 10.7. The number of hydrogen-bond acceptors (Lipinski definition) is 2. The number of esters is 1. The van der Waals surface area contributed by atoms with Crippen molar-refractivity contribution in [3.63, 3.8) is 0 Å². The largest absolute Gasteiger partial charge is 0.417 e. The molecule has 3 aromatic rings. The Balaban J connectivity index is 1.89. The van der Waals surface area contributed by atoms with Crippen LogP contribution in [-0.2, 0) is 0 Å². The average molecular weight is 444 g/mol. The van der Waals surface area contributed by atoms with Gasteiger partial charge in [0.25, 0.3) is 0 Å². The van der Waals surface area contributed by atoms with Crippen molar-refractivity contribution in [1.29, 1.82) is 0 Å². The predicted octanol–water partition coefficient (Wildman–Crippen LogP) is 6.80. The lowest BCUT2D eigenvalue weighted by Gasteiger charge is -2.10. The van der Waals surface area contributed by atoms with Crippen LogP contribution in [0.15, 0.2) is 54.6 Å². The summed E-state index contributed by atoms with van der Waals surface area (Å²) in [6.07, 6.45) is -2.53. The van der Waals surface area contributed by atoms with Crippen LogP contribution < -0.4 is 4.74 Å². The van der Waals surface area contributed by atoms with E-state index >= 15 is 0 Å². The number of hydrogen-bond donors (Lipinski definition) is 0. The SMILES string of the molecule is O=C(Oc1c(F)cc(-c2ccc(C(F)=C(F)F)cc2)cc1F)c1cc(F)c(F)c(F)c1. The Labute approximate surface area is 169 Å². The zero-order valence-electron chi connectivity index (χ0n) is 15.0. The lowest BCUT2D eigenvalue weighted by Crippen LogP contribution is -2.12. The lowest BCUT2D eigenvalue weighted by molar-refractivity contribution is 0.0719. The molecule has 3 rings (SSSR count). The van der Waals surface area contributed by atoms with E-state index in [-0.39, 0.29) is 11.1 Å². The molecule has 0 aliphatic rings. The molecule has 0 bridgehead atoms. The summed E-state index contributed by atoms with van der Waals surface area (Å²) in [7, 11) is 0. The summed E-state index contributed by atoms with van der Waals surface area (Å²) in [5.41, 5.74) is -1.27. The van der Waals surface area contributed by atoms with E-state index in [9.17, 15) is 39.9 Å². The molecular formula is C21H8F8O2. The second-order valence-electron chi connectivity index (χ2n) is 6.06. The fourth-order valence-corrected chi connectivity index (χ4v) is 2.57. The minimum Gasteiger partial charge on any atom is -0.417 e. The second kappa shape index (κ2) is 8.58. The van der Waals surface area contributed by atoms with Gasteiger partial charge in [-0.3, -0.25) is 0 Å². The van der Waals surface area contributed by atoms with Gasteiger partial charge in [0.1, 0.15) is 0 Å². The molecule has 0 saturated carbocycles. The van der Waals surface area contributed by atoms with Crippen LogP contribution in [0.2, 0.25) is 0 Å². The smallest absolute Gasteiger partial charge is 0.343 e. The Kier molecular flexibility index (Phi) is 6.09. The highest BCUT2D eigenvalue weighted by Crippen LogP contribution is 2.31. The van der Waals surface area contributed by atoms with Crippen LogP contribution in [-0.4, -0.2) is 5.97 Å². The number of halogens is 8. The molecule has 10 heteroatoms. The van der Waals surface area contributed by atoms with E-state index in [1.165, 1.54) is 0 Å². The maximum Gasteiger partial charge on any atom is 0.343 e. The van der Waals surface area contributed by atoms with Crippen LogP contribution in [0.3, 0.4) is 0 Å². The summed E-state index contributed by atoms with van der Waals surface area (Å²) in [6, 6.07) is 6.23. The molecule has 0 fully saturated rings. The zero-order chi connectivity index (χ0) is 22.9. The van der Waals surface area contributed by atoms with Crippen molar-refractivity contribution in [2.75, 3.05) is 0 Å². The summed E-state index contributed by atoms with van der Waals surface area (Å²) in [5.74, 6) is -12.5. The Morgan fingerprint density at radius 2 is 1.16 bits per heavy atom. The van der Waals surface area contributed by atoms with Gasteiger partial charge in [-0.1, -0.05) is 24.3 Å². The van der Waals surface area contributed by atoms with E-state index in [1.807, 2.05) is 0 Å². The van der Waals surface area contributed by atoms with Crippen molar-refractivity contribution >= 4 is 11.8 Å². The van der Waals surface area contributed by atoms with E-state index in [1.54, 1.807) is 0 Å². The minimum absolute atomic E-state index is 0.106. The van der Waals surface area contributed by atoms with E-state index in [0.717, 1.165) is 36.4 Å². The molecule has 0 radical (unpaired) electrons. The predicted molar refractivity (Wildman–Crippen MR) is 93.3 cm³/mol. The van der Waals surface area contributed by atoms with Crippen molar-refractivity contribution < 1.29 is 44.7 Å². The molecule has 0 atom stereocenters. The average Bonchev–Trinajstić information content (AvgIpc) is 2.73. The highest BCUT2D eigenvalue weighted by Gasteiger charge is 2.21. The molecule has 0 aliphatic carbocycles. The van der Waals surface area contributed by atoms with Gasteiger partial charge in [-0.05, 0) is 35.4 Å². The maximum absolute atomic E-state index is 14.3. The Morgan fingerprint density at radius 1 is 0.645 bits per heavy atom. The van der Waals surface area contributed by atoms with E-state index in [2.05, 4.69) is 4.74 Å². The van der Waals surface area contributed by atoms with Crippen LogP contribution in [0, 0.1) is 29.1 Å². The van der Waals surface area contributed by atoms with Gasteiger partial charge >= 0.3 is 12.0 Å². The summed E-state index contributed by atoms with van der Waals surface area (Å²) in [5, 5.41) is 0. The van der Waals surface area contributed by atoms with Crippen LogP contribution >= 0.6 is 0 Å². The molecule has 160 valence electrons. The van der Waals surface area contributed by atoms with Gasteiger partial charge in [0.15, 0.2) is 34.9 Å². The van der Waals surface area contributed by atoms with Crippen LogP contribution in [0.1, 0.15) is 15.9 Å². The second-order valence-corrected chi connectivity index (χ2v) is 6.06. The van der Waals surface area contributed by atoms with Crippen molar-refractivity contribution in [1.82, 2.24) is 0 Å². The van der Waals surface area contributed by atoms with Crippen LogP contribution in [0.4, 0.5) is 35.1 Å². The fraction of sp³-hybridized carbons (Fsp3) is 0. The number of rotatable bonds is 4. The standard InChI is InChI=1S/C21H8F8O2/c22-13-7-12(8-14(23)18(13)27)21(30)31-19-15(24)5-11(6-16(19)25)9-1-3-10(4-2-9)17(26)20(28)29/h1-8H. The Morgan fingerprint density at radius 3 is 1.65 bits per heavy atom. The first-order valence-corrected chi connectivity index (χ1v) is 8.25. The molecule has 0 aliphatic heterocycles. The van der Waals surface area contributed by atoms with Gasteiger partial charge < -0.3 is 4.74 Å². The molecule has 3 aromatic carbocycles. The van der Waals surface area contributed by atoms with E-state index in [4.69, 9.17) is 0 Å². The maximum atomic E-state index is 14.3. The monoisotopic (exact) mass is 444 g/mol. The number of benzene rings is 3. The van der Waals surface area contributed by atoms with Gasteiger partial charge in [-0.15, -0.1) is 0 Å². The number of ether oxygens (including phenoxy) is 1. The molecule has 0 heterocycles. The highest BCUT2D eigenvalue weighted by atomic mass is 19.3. The summed E-state index contributed by atoms with van der Waals surface area (Å²) >= 11 is 0. The molecule has 0 N–H and O–H groups in total. The first-order valence-electron chi connectivity index (χ1n) is 8.25. The third kappa shape index (κ3) is 4.57. The van der Waals surface area contributed by atoms with Crippen molar-refractivity contribution in [2.24, 2.45) is 0 Å². The topological polar surface area (TPSA) is 26.3 Å². The highest BCUT2D eigenvalue weighted by molar-refractivity contribution is 5.91. The van der Waals surface area contributed by atoms with Crippen molar-refractivity contribution in [3.8, 4) is 16.9 Å². The fourth-order valence-electron chi connectivity index (χ4n) is 2.57. The van der Waals surface area contributed by atoms with Crippen molar-refractivity contribution in [2.45, 2.75) is 0 Å². The third-order valence-electron chi connectivity index (χ3n) is 4.05. The Hall–Kier alpha value is -3.69. The third-order valence-corrected chi connectivity index (χ3v) is 4.05. The van der Waals surface area contributed by atoms with Gasteiger partial charge in [0.2, 0.25) is 5.75 Å². The summed E-state index contributed by atoms with van der Waals surface area (Å²) in [4.78, 5) is 11.9. The van der Waals surface area contributed by atoms with Crippen LogP contribution in [0.5, 0.6) is 5.75 Å². The van der Waals surface area contributed by atoms with E-state index < -0.39 is 63.8 Å². The van der Waals surface area contributed by atoms with Crippen LogP contribution in [0.25, 0.3) is 17.0 Å². The molecule has 0 saturated heterocycles. The zero-order valence-corrected chi connectivity index (χ0v) is 15.0. The first-order chi connectivity index (χ1) is 14.6. The van der Waals surface area contributed by atoms with Crippen molar-refractivity contribution in [3.05, 3.63) is 94.8 Å². The van der Waals surface area contributed by atoms with E-state index in [0.29, 0.717) is 12.1 Å². The lowest BCUT2D eigenvalue weighted by atomic mass is 10.0. The minimum atomic E-state index is -2.53. The van der Waals surface area contributed by atoms with Gasteiger partial charge in [0, 0.05) is 5.56 Å². The quantitative estimate of drug-likeness (QED) is 0.191. The molecule has 0 amide bonds.